The summed E-state index contributed by atoms with van der Waals surface area (Å²) in [6.45, 7) is 0. The molecule has 4 rings (SSSR count). The third-order valence-corrected chi connectivity index (χ3v) is 3.94. The zero-order valence-corrected chi connectivity index (χ0v) is 12.1. The van der Waals surface area contributed by atoms with Crippen LogP contribution in [0.4, 0.5) is 5.69 Å². The van der Waals surface area contributed by atoms with Gasteiger partial charge in [0.05, 0.1) is 11.0 Å². The van der Waals surface area contributed by atoms with Crippen LogP contribution in [0.1, 0.15) is 0 Å². The van der Waals surface area contributed by atoms with Crippen molar-refractivity contribution in [3.63, 3.8) is 0 Å². The van der Waals surface area contributed by atoms with E-state index in [0.717, 1.165) is 10.8 Å². The number of fused-ring (bicyclic) bond motifs is 3. The van der Waals surface area contributed by atoms with Gasteiger partial charge in [0, 0.05) is 16.8 Å². The highest BCUT2D eigenvalue weighted by Crippen LogP contribution is 2.23. The summed E-state index contributed by atoms with van der Waals surface area (Å²) < 4.78 is 1.42. The number of H-pyrrole nitrogens is 1. The van der Waals surface area contributed by atoms with E-state index in [1.54, 1.807) is 24.3 Å². The smallest absolute Gasteiger partial charge is 0.321 e. The number of anilines is 1. The van der Waals surface area contributed by atoms with Gasteiger partial charge in [-0.1, -0.05) is 30.3 Å². The maximum Gasteiger partial charge on any atom is 0.321 e. The fourth-order valence-electron chi connectivity index (χ4n) is 2.84. The van der Waals surface area contributed by atoms with Crippen LogP contribution < -0.4 is 16.9 Å². The molecule has 0 fully saturated rings. The Hall–Kier alpha value is -3.34. The number of nitrogens with zero attached hydrogens (tertiary/aromatic N) is 1. The molecular weight excluding hydrogens is 290 g/mol. The maximum absolute atomic E-state index is 12.4. The average molecular weight is 303 g/mol. The molecule has 0 spiro atoms. The van der Waals surface area contributed by atoms with Gasteiger partial charge in [0.2, 0.25) is 0 Å². The van der Waals surface area contributed by atoms with Crippen molar-refractivity contribution in [2.75, 3.05) is 5.73 Å². The molecule has 0 aliphatic carbocycles. The highest BCUT2D eigenvalue weighted by Gasteiger charge is 2.11. The Morgan fingerprint density at radius 2 is 1.61 bits per heavy atom. The normalized spacial score (nSPS) is 11.1. The fraction of sp³-hybridized carbons (Fsp3) is 0. The van der Waals surface area contributed by atoms with E-state index in [4.69, 9.17) is 5.73 Å². The van der Waals surface area contributed by atoms with Crippen LogP contribution in [0.3, 0.4) is 0 Å². The third kappa shape index (κ3) is 2.02. The molecule has 0 radical (unpaired) electrons. The molecule has 0 unspecified atom stereocenters. The van der Waals surface area contributed by atoms with Gasteiger partial charge >= 0.3 is 11.1 Å². The van der Waals surface area contributed by atoms with Crippen molar-refractivity contribution in [2.45, 2.75) is 0 Å². The van der Waals surface area contributed by atoms with E-state index in [-0.39, 0.29) is 0 Å². The first-order valence-corrected chi connectivity index (χ1v) is 7.18. The van der Waals surface area contributed by atoms with Gasteiger partial charge in [-0.2, -0.15) is 0 Å². The van der Waals surface area contributed by atoms with E-state index in [2.05, 4.69) is 4.98 Å². The molecule has 0 bridgehead atoms. The Bertz CT molecular complexity index is 1150. The summed E-state index contributed by atoms with van der Waals surface area (Å²) in [6, 6.07) is 18.4. The molecule has 0 saturated carbocycles. The third-order valence-electron chi connectivity index (χ3n) is 3.94. The van der Waals surface area contributed by atoms with E-state index < -0.39 is 11.1 Å². The molecule has 0 amide bonds. The molecule has 5 heteroatoms. The second-order valence-electron chi connectivity index (χ2n) is 5.37. The molecule has 23 heavy (non-hydrogen) atoms. The summed E-state index contributed by atoms with van der Waals surface area (Å²) in [6.07, 6.45) is 0. The van der Waals surface area contributed by atoms with E-state index in [1.165, 1.54) is 4.57 Å². The Balaban J connectivity index is 2.21. The van der Waals surface area contributed by atoms with Crippen LogP contribution in [0.5, 0.6) is 0 Å². The first-order chi connectivity index (χ1) is 11.1. The summed E-state index contributed by atoms with van der Waals surface area (Å²) in [5, 5.41) is 1.89. The SMILES string of the molecule is Nc1ccc(-n2c(=O)c(=O)[nH]c3c4ccccc4ccc32)cc1. The van der Waals surface area contributed by atoms with E-state index >= 15 is 0 Å². The molecule has 5 nitrogen and oxygen atoms in total. The van der Waals surface area contributed by atoms with Gasteiger partial charge in [-0.05, 0) is 35.7 Å². The Morgan fingerprint density at radius 1 is 0.870 bits per heavy atom. The second-order valence-corrected chi connectivity index (χ2v) is 5.37. The fourth-order valence-corrected chi connectivity index (χ4v) is 2.84. The lowest BCUT2D eigenvalue weighted by molar-refractivity contribution is 0.989. The summed E-state index contributed by atoms with van der Waals surface area (Å²) in [5.74, 6) is 0. The lowest BCUT2D eigenvalue weighted by Gasteiger charge is -2.11. The van der Waals surface area contributed by atoms with Crippen LogP contribution in [0.2, 0.25) is 0 Å². The molecule has 0 saturated heterocycles. The largest absolute Gasteiger partial charge is 0.399 e. The summed E-state index contributed by atoms with van der Waals surface area (Å²) in [4.78, 5) is 27.2. The Kier molecular flexibility index (Phi) is 2.81. The van der Waals surface area contributed by atoms with Crippen molar-refractivity contribution in [2.24, 2.45) is 0 Å². The van der Waals surface area contributed by atoms with Crippen molar-refractivity contribution < 1.29 is 0 Å². The number of nitrogens with two attached hydrogens (primary N) is 1. The summed E-state index contributed by atoms with van der Waals surface area (Å²) in [5.41, 5.74) is 6.94. The minimum Gasteiger partial charge on any atom is -0.399 e. The lowest BCUT2D eigenvalue weighted by atomic mass is 10.1. The number of nitrogen functional groups attached to an aromatic ring is 1. The van der Waals surface area contributed by atoms with E-state index in [1.807, 2.05) is 36.4 Å². The number of hydrogen-bond donors (Lipinski definition) is 2. The van der Waals surface area contributed by atoms with Crippen LogP contribution in [-0.4, -0.2) is 9.55 Å². The first-order valence-electron chi connectivity index (χ1n) is 7.18. The number of benzene rings is 3. The monoisotopic (exact) mass is 303 g/mol. The van der Waals surface area contributed by atoms with E-state index in [9.17, 15) is 9.59 Å². The number of rotatable bonds is 1. The number of hydrogen-bond acceptors (Lipinski definition) is 3. The van der Waals surface area contributed by atoms with Crippen molar-refractivity contribution in [1.29, 1.82) is 0 Å². The first kappa shape index (κ1) is 13.3. The summed E-state index contributed by atoms with van der Waals surface area (Å²) in [7, 11) is 0. The zero-order chi connectivity index (χ0) is 16.0. The molecule has 1 heterocycles. The average Bonchev–Trinajstić information content (AvgIpc) is 2.57. The molecule has 3 aromatic carbocycles. The van der Waals surface area contributed by atoms with Gasteiger partial charge in [-0.3, -0.25) is 14.2 Å². The number of aromatic nitrogens is 2. The maximum atomic E-state index is 12.4. The molecule has 4 aromatic rings. The van der Waals surface area contributed by atoms with Crippen molar-refractivity contribution >= 4 is 27.5 Å². The highest BCUT2D eigenvalue weighted by atomic mass is 16.2. The summed E-state index contributed by atoms with van der Waals surface area (Å²) >= 11 is 0. The molecule has 0 aliphatic heterocycles. The van der Waals surface area contributed by atoms with Crippen LogP contribution in [-0.2, 0) is 0 Å². The van der Waals surface area contributed by atoms with Gasteiger partial charge in [-0.25, -0.2) is 0 Å². The molecule has 112 valence electrons. The van der Waals surface area contributed by atoms with E-state index in [0.29, 0.717) is 22.4 Å². The number of aromatic amines is 1. The van der Waals surface area contributed by atoms with Crippen LogP contribution in [0, 0.1) is 0 Å². The zero-order valence-electron chi connectivity index (χ0n) is 12.1. The van der Waals surface area contributed by atoms with Gasteiger partial charge in [-0.15, -0.1) is 0 Å². The predicted octanol–water partition coefficient (Wildman–Crippen LogP) is 2.41. The van der Waals surface area contributed by atoms with Crippen molar-refractivity contribution in [3.8, 4) is 5.69 Å². The Labute approximate surface area is 130 Å². The van der Waals surface area contributed by atoms with Crippen molar-refractivity contribution in [3.05, 3.63) is 81.4 Å². The number of nitrogens with one attached hydrogen (secondary N) is 1. The quantitative estimate of drug-likeness (QED) is 0.322. The molecule has 1 aromatic heterocycles. The second kappa shape index (κ2) is 4.84. The van der Waals surface area contributed by atoms with Crippen LogP contribution >= 0.6 is 0 Å². The van der Waals surface area contributed by atoms with Crippen LogP contribution in [0.25, 0.3) is 27.5 Å². The highest BCUT2D eigenvalue weighted by molar-refractivity contribution is 6.04. The minimum atomic E-state index is -0.648. The molecule has 3 N–H and O–H groups in total. The molecular formula is C18H13N3O2. The van der Waals surface area contributed by atoms with Gasteiger partial charge in [0.1, 0.15) is 0 Å². The van der Waals surface area contributed by atoms with Gasteiger partial charge in [0.25, 0.3) is 0 Å². The topological polar surface area (TPSA) is 80.9 Å². The molecule has 0 aliphatic rings. The van der Waals surface area contributed by atoms with Gasteiger partial charge < -0.3 is 10.7 Å². The standard InChI is InChI=1S/C18H13N3O2/c19-12-6-8-13(9-7-12)21-15-10-5-11-3-1-2-4-14(11)16(15)20-17(22)18(21)23/h1-10H,19H2,(H,20,22). The van der Waals surface area contributed by atoms with Crippen LogP contribution in [0.15, 0.2) is 70.3 Å². The predicted molar refractivity (Wildman–Crippen MR) is 92.1 cm³/mol. The van der Waals surface area contributed by atoms with Crippen molar-refractivity contribution in [1.82, 2.24) is 9.55 Å². The lowest BCUT2D eigenvalue weighted by Crippen LogP contribution is -2.35. The van der Waals surface area contributed by atoms with Gasteiger partial charge in [0.15, 0.2) is 0 Å². The Morgan fingerprint density at radius 3 is 2.39 bits per heavy atom. The molecule has 0 atom stereocenters. The minimum absolute atomic E-state index is 0.599.